The topological polar surface area (TPSA) is 45.3 Å². The molecule has 41 heavy (non-hydrogen) atoms. The smallest absolute Gasteiger partial charge is 0.196 e. The van der Waals surface area contributed by atoms with Gasteiger partial charge in [0.05, 0.1) is 11.7 Å². The number of anilines is 1. The van der Waals surface area contributed by atoms with E-state index in [-0.39, 0.29) is 18.4 Å². The van der Waals surface area contributed by atoms with Crippen LogP contribution in [0.4, 0.5) is 5.69 Å². The van der Waals surface area contributed by atoms with Crippen molar-refractivity contribution in [3.05, 3.63) is 162 Å². The number of rotatable bonds is 4. The molecular weight excluding hydrogens is 502 g/mol. The highest BCUT2D eigenvalue weighted by Gasteiger charge is 2.27. The third-order valence-corrected chi connectivity index (χ3v) is 8.16. The second-order valence-electron chi connectivity index (χ2n) is 10.7. The molecule has 0 saturated heterocycles. The van der Waals surface area contributed by atoms with Crippen molar-refractivity contribution in [2.24, 2.45) is 0 Å². The van der Waals surface area contributed by atoms with E-state index in [1.807, 2.05) is 18.2 Å². The first kappa shape index (κ1) is 23.8. The van der Waals surface area contributed by atoms with Crippen LogP contribution in [0, 0.1) is 0 Å². The van der Waals surface area contributed by atoms with Gasteiger partial charge in [0, 0.05) is 16.6 Å². The quantitative estimate of drug-likeness (QED) is 0.200. The average molecular weight is 532 g/mol. The van der Waals surface area contributed by atoms with E-state index >= 15 is 0 Å². The van der Waals surface area contributed by atoms with Crippen molar-refractivity contribution in [2.45, 2.75) is 18.4 Å². The molecule has 4 heteroatoms. The highest BCUT2D eigenvalue weighted by atomic mass is 16.5. The molecule has 0 aliphatic carbocycles. The summed E-state index contributed by atoms with van der Waals surface area (Å²) in [5.41, 5.74) is 6.85. The summed E-state index contributed by atoms with van der Waals surface area (Å²) in [6.45, 7) is 0. The summed E-state index contributed by atoms with van der Waals surface area (Å²) in [4.78, 5) is 0. The Morgan fingerprint density at radius 3 is 2.00 bits per heavy atom. The fourth-order valence-electron chi connectivity index (χ4n) is 6.08. The lowest BCUT2D eigenvalue weighted by atomic mass is 9.95. The average Bonchev–Trinajstić information content (AvgIpc) is 3.50. The molecule has 3 atom stereocenters. The molecule has 0 saturated carbocycles. The van der Waals surface area contributed by atoms with E-state index in [0.29, 0.717) is 0 Å². The van der Waals surface area contributed by atoms with E-state index in [0.717, 1.165) is 28.1 Å². The van der Waals surface area contributed by atoms with Crippen LogP contribution in [-0.4, -0.2) is 0 Å². The highest BCUT2D eigenvalue weighted by Crippen LogP contribution is 2.46. The van der Waals surface area contributed by atoms with Gasteiger partial charge in [0.25, 0.3) is 0 Å². The van der Waals surface area contributed by atoms with Gasteiger partial charge in [-0.15, -0.1) is 0 Å². The molecule has 198 valence electrons. The Bertz CT molecular complexity index is 1900. The lowest BCUT2D eigenvalue weighted by molar-refractivity contribution is 0.263. The summed E-state index contributed by atoms with van der Waals surface area (Å²) in [5, 5.41) is 15.9. The second-order valence-corrected chi connectivity index (χ2v) is 10.7. The van der Waals surface area contributed by atoms with Crippen LogP contribution < -0.4 is 20.7 Å². The Balaban J connectivity index is 1.22. The maximum absolute atomic E-state index is 6.60. The first-order chi connectivity index (χ1) is 20.3. The SMILES string of the molecule is C1=C(c2ccccc2)NC(c2ccc3ccc4ccc5c(c4c3c2)OC(c2ccccc2)N5)NC1c1ccccc1. The highest BCUT2D eigenvalue weighted by molar-refractivity contribution is 6.13. The van der Waals surface area contributed by atoms with Gasteiger partial charge >= 0.3 is 0 Å². The second kappa shape index (κ2) is 9.84. The van der Waals surface area contributed by atoms with Crippen LogP contribution in [0.5, 0.6) is 5.75 Å². The molecule has 3 unspecified atom stereocenters. The Morgan fingerprint density at radius 1 is 0.561 bits per heavy atom. The van der Waals surface area contributed by atoms with E-state index < -0.39 is 0 Å². The monoisotopic (exact) mass is 531 g/mol. The van der Waals surface area contributed by atoms with Gasteiger partial charge < -0.3 is 15.4 Å². The Kier molecular flexibility index (Phi) is 5.71. The summed E-state index contributed by atoms with van der Waals surface area (Å²) < 4.78 is 6.60. The van der Waals surface area contributed by atoms with E-state index in [4.69, 9.17) is 4.74 Å². The minimum absolute atomic E-state index is 0.0734. The van der Waals surface area contributed by atoms with E-state index in [1.54, 1.807) is 0 Å². The van der Waals surface area contributed by atoms with Gasteiger partial charge in [-0.2, -0.15) is 0 Å². The molecule has 6 aromatic rings. The zero-order valence-electron chi connectivity index (χ0n) is 22.4. The Labute approximate surface area is 239 Å². The summed E-state index contributed by atoms with van der Waals surface area (Å²) >= 11 is 0. The minimum atomic E-state index is -0.206. The van der Waals surface area contributed by atoms with Crippen LogP contribution in [0.2, 0.25) is 0 Å². The van der Waals surface area contributed by atoms with Gasteiger partial charge in [-0.3, -0.25) is 5.32 Å². The molecule has 0 spiro atoms. The Hall–Kier alpha value is -5.06. The van der Waals surface area contributed by atoms with Gasteiger partial charge in [0.1, 0.15) is 6.17 Å². The van der Waals surface area contributed by atoms with Gasteiger partial charge in [0.15, 0.2) is 12.0 Å². The molecule has 2 aliphatic rings. The van der Waals surface area contributed by atoms with E-state index in [2.05, 4.69) is 137 Å². The molecule has 3 N–H and O–H groups in total. The molecule has 4 nitrogen and oxygen atoms in total. The van der Waals surface area contributed by atoms with Gasteiger partial charge in [-0.1, -0.05) is 121 Å². The van der Waals surface area contributed by atoms with E-state index in [1.165, 1.54) is 32.8 Å². The third kappa shape index (κ3) is 4.30. The van der Waals surface area contributed by atoms with Crippen molar-refractivity contribution >= 4 is 32.9 Å². The standard InChI is InChI=1S/C37H29N3O/c1-4-10-25(11-5-1)32-23-33(26-12-6-2-7-13-26)39-36(38-32)29-19-17-24-16-18-27-20-21-31-35(34(27)30(24)22-29)41-37(40-31)28-14-8-3-9-15-28/h1-23,32,36-40H. The molecule has 8 rings (SSSR count). The minimum Gasteiger partial charge on any atom is -0.464 e. The molecule has 2 heterocycles. The molecule has 6 aromatic carbocycles. The third-order valence-electron chi connectivity index (χ3n) is 8.16. The summed E-state index contributed by atoms with van der Waals surface area (Å²) in [5.74, 6) is 0.913. The van der Waals surface area contributed by atoms with Crippen molar-refractivity contribution in [1.29, 1.82) is 0 Å². The van der Waals surface area contributed by atoms with Crippen LogP contribution in [0.15, 0.2) is 140 Å². The van der Waals surface area contributed by atoms with Gasteiger partial charge in [0.2, 0.25) is 0 Å². The maximum atomic E-state index is 6.60. The molecule has 2 aliphatic heterocycles. The number of hydrogen-bond donors (Lipinski definition) is 3. The van der Waals surface area contributed by atoms with Gasteiger partial charge in [-0.05, 0) is 51.1 Å². The lowest BCUT2D eigenvalue weighted by Gasteiger charge is -2.33. The number of nitrogens with one attached hydrogen (secondary N) is 3. The predicted molar refractivity (Wildman–Crippen MR) is 168 cm³/mol. The van der Waals surface area contributed by atoms with Crippen molar-refractivity contribution in [3.8, 4) is 5.75 Å². The Morgan fingerprint density at radius 2 is 1.22 bits per heavy atom. The number of fused-ring (bicyclic) bond motifs is 5. The van der Waals surface area contributed by atoms with Crippen LogP contribution in [0.3, 0.4) is 0 Å². The summed E-state index contributed by atoms with van der Waals surface area (Å²) in [6.07, 6.45) is 2.00. The predicted octanol–water partition coefficient (Wildman–Crippen LogP) is 8.47. The van der Waals surface area contributed by atoms with Crippen LogP contribution in [0.1, 0.15) is 40.7 Å². The fourth-order valence-corrected chi connectivity index (χ4v) is 6.08. The first-order valence-electron chi connectivity index (χ1n) is 14.1. The van der Waals surface area contributed by atoms with Gasteiger partial charge in [-0.25, -0.2) is 0 Å². The molecule has 0 aromatic heterocycles. The van der Waals surface area contributed by atoms with Crippen molar-refractivity contribution in [2.75, 3.05) is 5.32 Å². The van der Waals surface area contributed by atoms with Crippen molar-refractivity contribution in [3.63, 3.8) is 0 Å². The number of benzene rings is 6. The largest absolute Gasteiger partial charge is 0.464 e. The molecule has 0 bridgehead atoms. The zero-order chi connectivity index (χ0) is 27.2. The summed E-state index contributed by atoms with van der Waals surface area (Å²) in [6, 6.07) is 47.1. The van der Waals surface area contributed by atoms with E-state index in [9.17, 15) is 0 Å². The normalized spacial score (nSPS) is 19.6. The molecule has 0 radical (unpaired) electrons. The molecule has 0 fully saturated rings. The van der Waals surface area contributed by atoms with Crippen molar-refractivity contribution < 1.29 is 4.74 Å². The first-order valence-corrected chi connectivity index (χ1v) is 14.1. The fraction of sp³-hybridized carbons (Fsp3) is 0.0811. The number of ether oxygens (including phenoxy) is 1. The van der Waals surface area contributed by atoms with Crippen molar-refractivity contribution in [1.82, 2.24) is 10.6 Å². The van der Waals surface area contributed by atoms with Crippen LogP contribution >= 0.6 is 0 Å². The molecular formula is C37H29N3O. The number of hydrogen-bond acceptors (Lipinski definition) is 4. The summed E-state index contributed by atoms with van der Waals surface area (Å²) in [7, 11) is 0. The molecule has 0 amide bonds. The van der Waals surface area contributed by atoms with Crippen LogP contribution in [-0.2, 0) is 0 Å². The zero-order valence-corrected chi connectivity index (χ0v) is 22.4. The maximum Gasteiger partial charge on any atom is 0.196 e. The lowest BCUT2D eigenvalue weighted by Crippen LogP contribution is -2.39. The van der Waals surface area contributed by atoms with Crippen LogP contribution in [0.25, 0.3) is 27.2 Å².